The molecule has 0 spiro atoms. The molecule has 102 valence electrons. The van der Waals surface area contributed by atoms with Crippen LogP contribution in [0.2, 0.25) is 5.02 Å². The van der Waals surface area contributed by atoms with Crippen LogP contribution in [0, 0.1) is 27.7 Å². The van der Waals surface area contributed by atoms with Crippen LogP contribution in [0.15, 0.2) is 4.47 Å². The van der Waals surface area contributed by atoms with Crippen molar-refractivity contribution in [1.29, 1.82) is 0 Å². The fraction of sp³-hybridized carbons (Fsp3) is 0.417. The number of aromatic nitrogens is 4. The topological polar surface area (TPSA) is 52.7 Å². The molecule has 0 bridgehead atoms. The largest absolute Gasteiger partial charge is 0.270 e. The molecule has 0 aromatic carbocycles. The second-order valence-corrected chi connectivity index (χ2v) is 5.60. The van der Waals surface area contributed by atoms with E-state index in [-0.39, 0.29) is 12.5 Å². The smallest absolute Gasteiger partial charge is 0.268 e. The minimum absolute atomic E-state index is 0.135. The van der Waals surface area contributed by atoms with Crippen LogP contribution < -0.4 is 0 Å². The van der Waals surface area contributed by atoms with Gasteiger partial charge in [0.25, 0.3) is 5.91 Å². The molecule has 0 N–H and O–H groups in total. The Bertz CT molecular complexity index is 659. The minimum Gasteiger partial charge on any atom is -0.270 e. The molecule has 0 saturated carbocycles. The van der Waals surface area contributed by atoms with E-state index in [4.69, 9.17) is 11.6 Å². The van der Waals surface area contributed by atoms with Crippen LogP contribution in [0.5, 0.6) is 0 Å². The van der Waals surface area contributed by atoms with Gasteiger partial charge in [0.2, 0.25) is 0 Å². The summed E-state index contributed by atoms with van der Waals surface area (Å²) in [4.78, 5) is 12.2. The Morgan fingerprint density at radius 1 is 1.16 bits per heavy atom. The van der Waals surface area contributed by atoms with Crippen LogP contribution in [-0.4, -0.2) is 25.5 Å². The summed E-state index contributed by atoms with van der Waals surface area (Å²) in [6.45, 7) is 7.48. The number of nitrogens with zero attached hydrogens (tertiary/aromatic N) is 4. The summed E-state index contributed by atoms with van der Waals surface area (Å²) in [7, 11) is 0. The number of halogens is 2. The van der Waals surface area contributed by atoms with E-state index in [2.05, 4.69) is 26.1 Å². The summed E-state index contributed by atoms with van der Waals surface area (Å²) in [6.07, 6.45) is 0. The number of carbonyl (C=O) groups excluding carboxylic acids is 1. The van der Waals surface area contributed by atoms with Crippen molar-refractivity contribution >= 4 is 33.4 Å². The van der Waals surface area contributed by atoms with Gasteiger partial charge in [-0.1, -0.05) is 11.6 Å². The first-order valence-electron chi connectivity index (χ1n) is 5.77. The Morgan fingerprint density at radius 2 is 1.79 bits per heavy atom. The SMILES string of the molecule is Cc1nn(C(=O)Cn2nc(C)c(Br)c2C)c(C)c1Cl. The second kappa shape index (κ2) is 5.09. The fourth-order valence-corrected chi connectivity index (χ4v) is 2.29. The quantitative estimate of drug-likeness (QED) is 0.840. The maximum absolute atomic E-state index is 12.2. The summed E-state index contributed by atoms with van der Waals surface area (Å²) in [5.41, 5.74) is 3.09. The van der Waals surface area contributed by atoms with Gasteiger partial charge in [-0.3, -0.25) is 9.48 Å². The molecule has 2 aromatic rings. The van der Waals surface area contributed by atoms with Gasteiger partial charge >= 0.3 is 0 Å². The second-order valence-electron chi connectivity index (χ2n) is 4.43. The molecule has 0 radical (unpaired) electrons. The Kier molecular flexibility index (Phi) is 3.82. The van der Waals surface area contributed by atoms with E-state index < -0.39 is 0 Å². The zero-order valence-electron chi connectivity index (χ0n) is 11.2. The van der Waals surface area contributed by atoms with Crippen LogP contribution in [-0.2, 0) is 6.54 Å². The van der Waals surface area contributed by atoms with E-state index in [1.807, 2.05) is 13.8 Å². The summed E-state index contributed by atoms with van der Waals surface area (Å²) in [6, 6.07) is 0. The molecule has 0 atom stereocenters. The summed E-state index contributed by atoms with van der Waals surface area (Å²) < 4.78 is 3.92. The predicted octanol–water partition coefficient (Wildman–Crippen LogP) is 3.07. The van der Waals surface area contributed by atoms with Crippen LogP contribution in [0.3, 0.4) is 0 Å². The summed E-state index contributed by atoms with van der Waals surface area (Å²) in [5.74, 6) is -0.161. The lowest BCUT2D eigenvalue weighted by atomic mass is 10.4. The van der Waals surface area contributed by atoms with E-state index in [0.717, 1.165) is 15.9 Å². The van der Waals surface area contributed by atoms with Gasteiger partial charge in [0, 0.05) is 0 Å². The monoisotopic (exact) mass is 344 g/mol. The molecule has 0 unspecified atom stereocenters. The molecule has 2 heterocycles. The molecule has 0 aliphatic carbocycles. The average molecular weight is 346 g/mol. The third kappa shape index (κ3) is 2.47. The van der Waals surface area contributed by atoms with Gasteiger partial charge < -0.3 is 0 Å². The highest BCUT2D eigenvalue weighted by Gasteiger charge is 2.17. The normalized spacial score (nSPS) is 11.1. The molecule has 19 heavy (non-hydrogen) atoms. The van der Waals surface area contributed by atoms with E-state index in [1.54, 1.807) is 18.5 Å². The fourth-order valence-electron chi connectivity index (χ4n) is 1.89. The van der Waals surface area contributed by atoms with Gasteiger partial charge in [0.05, 0.1) is 32.3 Å². The number of carbonyl (C=O) groups is 1. The predicted molar refractivity (Wildman–Crippen MR) is 76.7 cm³/mol. The van der Waals surface area contributed by atoms with Crippen molar-refractivity contribution in [2.24, 2.45) is 0 Å². The number of hydrogen-bond donors (Lipinski definition) is 0. The highest BCUT2D eigenvalue weighted by Crippen LogP contribution is 2.21. The number of hydrogen-bond acceptors (Lipinski definition) is 3. The van der Waals surface area contributed by atoms with Gasteiger partial charge in [-0.15, -0.1) is 0 Å². The van der Waals surface area contributed by atoms with E-state index in [1.165, 1.54) is 4.68 Å². The van der Waals surface area contributed by atoms with Crippen molar-refractivity contribution in [2.75, 3.05) is 0 Å². The number of aryl methyl sites for hydroxylation is 2. The molecule has 2 rings (SSSR count). The molecule has 0 amide bonds. The summed E-state index contributed by atoms with van der Waals surface area (Å²) >= 11 is 9.48. The first-order chi connectivity index (χ1) is 8.82. The minimum atomic E-state index is -0.161. The molecule has 2 aromatic heterocycles. The Morgan fingerprint density at radius 3 is 2.21 bits per heavy atom. The van der Waals surface area contributed by atoms with Crippen LogP contribution in [0.4, 0.5) is 0 Å². The highest BCUT2D eigenvalue weighted by molar-refractivity contribution is 9.10. The Hall–Kier alpha value is -1.14. The average Bonchev–Trinajstić information content (AvgIpc) is 2.75. The maximum Gasteiger partial charge on any atom is 0.268 e. The lowest BCUT2D eigenvalue weighted by Gasteiger charge is -2.05. The van der Waals surface area contributed by atoms with Gasteiger partial charge in [-0.05, 0) is 43.6 Å². The number of rotatable bonds is 2. The first-order valence-corrected chi connectivity index (χ1v) is 6.94. The van der Waals surface area contributed by atoms with Crippen molar-refractivity contribution in [3.8, 4) is 0 Å². The van der Waals surface area contributed by atoms with Gasteiger partial charge in [0.1, 0.15) is 6.54 Å². The zero-order chi connectivity index (χ0) is 14.3. The van der Waals surface area contributed by atoms with Gasteiger partial charge in [0.15, 0.2) is 0 Å². The molecule has 7 heteroatoms. The molecular formula is C12H14BrClN4O. The molecule has 0 fully saturated rings. The zero-order valence-corrected chi connectivity index (χ0v) is 13.5. The van der Waals surface area contributed by atoms with Crippen LogP contribution in [0.25, 0.3) is 0 Å². The van der Waals surface area contributed by atoms with Crippen molar-refractivity contribution in [1.82, 2.24) is 19.6 Å². The third-order valence-electron chi connectivity index (χ3n) is 3.02. The molecule has 0 aliphatic rings. The highest BCUT2D eigenvalue weighted by atomic mass is 79.9. The molecule has 5 nitrogen and oxygen atoms in total. The summed E-state index contributed by atoms with van der Waals surface area (Å²) in [5, 5.41) is 8.99. The van der Waals surface area contributed by atoms with Crippen molar-refractivity contribution < 1.29 is 4.79 Å². The van der Waals surface area contributed by atoms with Crippen molar-refractivity contribution in [2.45, 2.75) is 34.2 Å². The Labute approximate surface area is 124 Å². The third-order valence-corrected chi connectivity index (χ3v) is 4.71. The Balaban J connectivity index is 2.31. The lowest BCUT2D eigenvalue weighted by molar-refractivity contribution is 0.0866. The molecule has 0 saturated heterocycles. The van der Waals surface area contributed by atoms with E-state index >= 15 is 0 Å². The van der Waals surface area contributed by atoms with Crippen LogP contribution >= 0.6 is 27.5 Å². The van der Waals surface area contributed by atoms with Crippen molar-refractivity contribution in [3.63, 3.8) is 0 Å². The first kappa shape index (κ1) is 14.3. The van der Waals surface area contributed by atoms with Crippen molar-refractivity contribution in [3.05, 3.63) is 32.3 Å². The standard InChI is InChI=1S/C12H14BrClN4O/c1-6-11(13)8(3)17(15-6)5-10(19)18-9(4)12(14)7(2)16-18/h5H2,1-4H3. The van der Waals surface area contributed by atoms with Gasteiger partial charge in [-0.25, -0.2) is 4.68 Å². The van der Waals surface area contributed by atoms with E-state index in [9.17, 15) is 4.79 Å². The molecule has 0 aliphatic heterocycles. The maximum atomic E-state index is 12.2. The van der Waals surface area contributed by atoms with Gasteiger partial charge in [-0.2, -0.15) is 10.2 Å². The molecular weight excluding hydrogens is 332 g/mol. The van der Waals surface area contributed by atoms with Crippen LogP contribution in [0.1, 0.15) is 27.6 Å². The lowest BCUT2D eigenvalue weighted by Crippen LogP contribution is -2.21. The van der Waals surface area contributed by atoms with E-state index in [0.29, 0.717) is 16.4 Å².